The van der Waals surface area contributed by atoms with Crippen LogP contribution in [0.2, 0.25) is 10.0 Å². The monoisotopic (exact) mass is 502 g/mol. The Kier molecular flexibility index (Phi) is 7.44. The minimum absolute atomic E-state index is 0.0284. The molecule has 8 nitrogen and oxygen atoms in total. The van der Waals surface area contributed by atoms with Crippen LogP contribution in [0, 0.1) is 0 Å². The Hall–Kier alpha value is -2.20. The van der Waals surface area contributed by atoms with Gasteiger partial charge in [0.1, 0.15) is 17.6 Å². The van der Waals surface area contributed by atoms with Crippen LogP contribution in [0.15, 0.2) is 30.3 Å². The molecule has 0 saturated carbocycles. The highest BCUT2D eigenvalue weighted by Gasteiger charge is 2.33. The molecule has 0 spiro atoms. The number of sulfonamides is 1. The van der Waals surface area contributed by atoms with Gasteiger partial charge in [0.15, 0.2) is 5.75 Å². The lowest BCUT2D eigenvalue weighted by Gasteiger charge is -2.18. The van der Waals surface area contributed by atoms with Gasteiger partial charge in [-0.1, -0.05) is 37.0 Å². The Bertz CT molecular complexity index is 1100. The lowest BCUT2D eigenvalue weighted by molar-refractivity contribution is 0.143. The average Bonchev–Trinajstić information content (AvgIpc) is 3.09. The molecule has 1 unspecified atom stereocenters. The second-order valence-corrected chi connectivity index (χ2v) is 10.3. The Morgan fingerprint density at radius 1 is 1.22 bits per heavy atom. The molecule has 0 aromatic heterocycles. The van der Waals surface area contributed by atoms with Gasteiger partial charge in [-0.05, 0) is 36.2 Å². The van der Waals surface area contributed by atoms with Gasteiger partial charge < -0.3 is 14.2 Å². The maximum absolute atomic E-state index is 12.3. The van der Waals surface area contributed by atoms with E-state index in [4.69, 9.17) is 37.4 Å². The van der Waals surface area contributed by atoms with Crippen molar-refractivity contribution >= 4 is 45.0 Å². The highest BCUT2D eigenvalue weighted by atomic mass is 35.5. The SMILES string of the molecule is COc1ccc(Oc2c(Cl)cc(N3CC(CNS(C)(=O)=O)OC3=O)cc2Cl)cc1C(C)C. The summed E-state index contributed by atoms with van der Waals surface area (Å²) < 4.78 is 41.4. The number of carbonyl (C=O) groups is 1. The van der Waals surface area contributed by atoms with Gasteiger partial charge in [0.05, 0.1) is 35.6 Å². The fraction of sp³-hybridized carbons (Fsp3) is 0.381. The molecule has 3 rings (SSSR count). The van der Waals surface area contributed by atoms with E-state index in [2.05, 4.69) is 4.72 Å². The van der Waals surface area contributed by atoms with Gasteiger partial charge in [0, 0.05) is 12.1 Å². The van der Waals surface area contributed by atoms with E-state index in [9.17, 15) is 13.2 Å². The second kappa shape index (κ2) is 9.74. The third-order valence-corrected chi connectivity index (χ3v) is 6.04. The van der Waals surface area contributed by atoms with Gasteiger partial charge in [-0.25, -0.2) is 17.9 Å². The summed E-state index contributed by atoms with van der Waals surface area (Å²) in [6, 6.07) is 8.52. The third kappa shape index (κ3) is 5.78. The van der Waals surface area contributed by atoms with Crippen molar-refractivity contribution < 1.29 is 27.4 Å². The first kappa shape index (κ1) is 24.4. The van der Waals surface area contributed by atoms with Crippen molar-refractivity contribution in [1.82, 2.24) is 4.72 Å². The Morgan fingerprint density at radius 2 is 1.88 bits per heavy atom. The molecule has 11 heteroatoms. The van der Waals surface area contributed by atoms with Crippen LogP contribution >= 0.6 is 23.2 Å². The molecular weight excluding hydrogens is 479 g/mol. The number of nitrogens with one attached hydrogen (secondary N) is 1. The average molecular weight is 503 g/mol. The number of amides is 1. The summed E-state index contributed by atoms with van der Waals surface area (Å²) in [6.45, 7) is 4.21. The molecule has 1 amide bonds. The van der Waals surface area contributed by atoms with Crippen LogP contribution in [0.25, 0.3) is 0 Å². The number of hydrogen-bond acceptors (Lipinski definition) is 6. The highest BCUT2D eigenvalue weighted by Crippen LogP contribution is 2.41. The zero-order chi connectivity index (χ0) is 23.6. The number of rotatable bonds is 8. The molecule has 0 radical (unpaired) electrons. The van der Waals surface area contributed by atoms with Crippen molar-refractivity contribution in [3.05, 3.63) is 45.9 Å². The fourth-order valence-electron chi connectivity index (χ4n) is 3.23. The normalized spacial score (nSPS) is 16.4. The molecule has 1 heterocycles. The first-order valence-corrected chi connectivity index (χ1v) is 12.4. The summed E-state index contributed by atoms with van der Waals surface area (Å²) in [5, 5.41) is 0.417. The number of carbonyl (C=O) groups excluding carboxylic acids is 1. The van der Waals surface area contributed by atoms with Crippen LogP contribution in [-0.4, -0.2) is 47.1 Å². The van der Waals surface area contributed by atoms with Crippen molar-refractivity contribution in [3.63, 3.8) is 0 Å². The maximum atomic E-state index is 12.3. The van der Waals surface area contributed by atoms with Crippen molar-refractivity contribution in [1.29, 1.82) is 0 Å². The summed E-state index contributed by atoms with van der Waals surface area (Å²) in [6.07, 6.45) is -0.227. The smallest absolute Gasteiger partial charge is 0.414 e. The number of benzene rings is 2. The summed E-state index contributed by atoms with van der Waals surface area (Å²) >= 11 is 12.8. The number of methoxy groups -OCH3 is 1. The molecule has 2 aromatic rings. The Morgan fingerprint density at radius 3 is 2.44 bits per heavy atom. The molecule has 0 aliphatic carbocycles. The van der Waals surface area contributed by atoms with Crippen molar-refractivity contribution in [2.45, 2.75) is 25.9 Å². The number of ether oxygens (including phenoxy) is 3. The standard InChI is InChI=1S/C21H24Cl2N2O6S/c1-12(2)16-9-14(5-6-19(16)29-3)30-20-17(22)7-13(8-18(20)23)25-11-15(31-21(25)26)10-24-32(4,27)28/h5-9,12,15,24H,10-11H2,1-4H3. The van der Waals surface area contributed by atoms with Crippen LogP contribution in [0.1, 0.15) is 25.3 Å². The van der Waals surface area contributed by atoms with Crippen LogP contribution in [-0.2, 0) is 14.8 Å². The molecule has 1 N–H and O–H groups in total. The van der Waals surface area contributed by atoms with Gasteiger partial charge in [-0.2, -0.15) is 0 Å². The van der Waals surface area contributed by atoms with Crippen LogP contribution in [0.3, 0.4) is 0 Å². The predicted octanol–water partition coefficient (Wildman–Crippen LogP) is 4.79. The predicted molar refractivity (Wildman–Crippen MR) is 124 cm³/mol. The number of halogens is 2. The molecule has 174 valence electrons. The van der Waals surface area contributed by atoms with Gasteiger partial charge >= 0.3 is 6.09 Å². The maximum Gasteiger partial charge on any atom is 0.414 e. The van der Waals surface area contributed by atoms with Crippen LogP contribution in [0.4, 0.5) is 10.5 Å². The molecule has 1 atom stereocenters. The van der Waals surface area contributed by atoms with Gasteiger partial charge in [0.25, 0.3) is 0 Å². The lowest BCUT2D eigenvalue weighted by atomic mass is 10.0. The Balaban J connectivity index is 1.80. The summed E-state index contributed by atoms with van der Waals surface area (Å²) in [5.74, 6) is 1.76. The summed E-state index contributed by atoms with van der Waals surface area (Å²) in [4.78, 5) is 13.6. The quantitative estimate of drug-likeness (QED) is 0.557. The fourth-order valence-corrected chi connectivity index (χ4v) is 4.27. The molecule has 1 aliphatic heterocycles. The molecule has 1 aliphatic rings. The van der Waals surface area contributed by atoms with Crippen molar-refractivity contribution in [2.75, 3.05) is 31.4 Å². The summed E-state index contributed by atoms with van der Waals surface area (Å²) in [5.41, 5.74) is 1.39. The molecule has 1 saturated heterocycles. The first-order chi connectivity index (χ1) is 15.0. The molecule has 32 heavy (non-hydrogen) atoms. The third-order valence-electron chi connectivity index (χ3n) is 4.79. The first-order valence-electron chi connectivity index (χ1n) is 9.76. The van der Waals surface area contributed by atoms with Gasteiger partial charge in [-0.15, -0.1) is 0 Å². The Labute approximate surface area is 197 Å². The zero-order valence-corrected chi connectivity index (χ0v) is 20.3. The largest absolute Gasteiger partial charge is 0.496 e. The summed E-state index contributed by atoms with van der Waals surface area (Å²) in [7, 11) is -1.79. The zero-order valence-electron chi connectivity index (χ0n) is 18.0. The number of hydrogen-bond donors (Lipinski definition) is 1. The minimum atomic E-state index is -3.40. The number of nitrogens with zero attached hydrogens (tertiary/aromatic N) is 1. The van der Waals surface area contributed by atoms with Gasteiger partial charge in [-0.3, -0.25) is 4.90 Å². The second-order valence-electron chi connectivity index (χ2n) is 7.64. The van der Waals surface area contributed by atoms with E-state index in [0.717, 1.165) is 17.6 Å². The van der Waals surface area contributed by atoms with E-state index in [1.165, 1.54) is 4.90 Å². The van der Waals surface area contributed by atoms with E-state index >= 15 is 0 Å². The number of anilines is 1. The highest BCUT2D eigenvalue weighted by molar-refractivity contribution is 7.88. The molecule has 1 fully saturated rings. The van der Waals surface area contributed by atoms with E-state index in [0.29, 0.717) is 11.4 Å². The van der Waals surface area contributed by atoms with Crippen LogP contribution < -0.4 is 19.1 Å². The van der Waals surface area contributed by atoms with Crippen LogP contribution in [0.5, 0.6) is 17.2 Å². The van der Waals surface area contributed by atoms with E-state index in [1.807, 2.05) is 26.0 Å². The molecule has 2 aromatic carbocycles. The topological polar surface area (TPSA) is 94.2 Å². The molecular formula is C21H24Cl2N2O6S. The lowest BCUT2D eigenvalue weighted by Crippen LogP contribution is -2.34. The van der Waals surface area contributed by atoms with E-state index in [1.54, 1.807) is 25.3 Å². The van der Waals surface area contributed by atoms with Crippen molar-refractivity contribution in [3.8, 4) is 17.2 Å². The van der Waals surface area contributed by atoms with Crippen molar-refractivity contribution in [2.24, 2.45) is 0 Å². The van der Waals surface area contributed by atoms with E-state index < -0.39 is 22.2 Å². The van der Waals surface area contributed by atoms with E-state index in [-0.39, 0.29) is 34.8 Å². The number of cyclic esters (lactones) is 1. The minimum Gasteiger partial charge on any atom is -0.496 e. The molecule has 0 bridgehead atoms. The van der Waals surface area contributed by atoms with Gasteiger partial charge in [0.2, 0.25) is 10.0 Å².